The number of carbonyl (C=O) groups excluding carboxylic acids is 2. The van der Waals surface area contributed by atoms with Gasteiger partial charge in [-0.3, -0.25) is 10.0 Å². The first kappa shape index (κ1) is 12.5. The van der Waals surface area contributed by atoms with Gasteiger partial charge in [0, 0.05) is 13.5 Å². The van der Waals surface area contributed by atoms with Crippen LogP contribution in [0.1, 0.15) is 6.92 Å². The fraction of sp³-hybridized carbons (Fsp3) is 0.429. The number of amides is 2. The van der Waals surface area contributed by atoms with Crippen LogP contribution in [-0.2, 0) is 4.79 Å². The minimum atomic E-state index is -1.24. The summed E-state index contributed by atoms with van der Waals surface area (Å²) in [4.78, 5) is 21.2. The van der Waals surface area contributed by atoms with E-state index in [1.165, 1.54) is 0 Å². The van der Waals surface area contributed by atoms with Gasteiger partial charge < -0.3 is 10.4 Å². The average molecular weight is 206 g/mol. The highest BCUT2D eigenvalue weighted by molar-refractivity contribution is 5.91. The molecule has 0 aromatic carbocycles. The number of nitrogens with zero attached hydrogens (tertiary/aromatic N) is 1. The molecule has 0 aliphatic carbocycles. The standard InChI is InChI=1S/C7H11FN2O4/c1-5(12)6(8)4-10(14)7(13)9-2-3-11/h4,11,14H,2-3H2,1H3,(H,9,13)/b6-4+. The van der Waals surface area contributed by atoms with Crippen LogP contribution in [0.3, 0.4) is 0 Å². The Balaban J connectivity index is 4.19. The molecule has 0 heterocycles. The molecule has 14 heavy (non-hydrogen) atoms. The fourth-order valence-corrected chi connectivity index (χ4v) is 0.501. The van der Waals surface area contributed by atoms with Crippen molar-refractivity contribution < 1.29 is 24.3 Å². The third kappa shape index (κ3) is 4.53. The Labute approximate surface area is 79.6 Å². The van der Waals surface area contributed by atoms with Gasteiger partial charge in [0.25, 0.3) is 0 Å². The zero-order chi connectivity index (χ0) is 11.1. The summed E-state index contributed by atoms with van der Waals surface area (Å²) >= 11 is 0. The largest absolute Gasteiger partial charge is 0.395 e. The number of carbonyl (C=O) groups is 2. The summed E-state index contributed by atoms with van der Waals surface area (Å²) in [6.45, 7) is 0.565. The van der Waals surface area contributed by atoms with Crippen molar-refractivity contribution in [1.29, 1.82) is 0 Å². The maximum absolute atomic E-state index is 12.5. The van der Waals surface area contributed by atoms with E-state index < -0.39 is 17.6 Å². The van der Waals surface area contributed by atoms with E-state index in [2.05, 4.69) is 0 Å². The van der Waals surface area contributed by atoms with Gasteiger partial charge in [-0.25, -0.2) is 9.18 Å². The molecule has 3 N–H and O–H groups in total. The van der Waals surface area contributed by atoms with Gasteiger partial charge in [-0.15, -0.1) is 0 Å². The average Bonchev–Trinajstić information content (AvgIpc) is 2.13. The molecule has 0 saturated heterocycles. The van der Waals surface area contributed by atoms with Crippen molar-refractivity contribution in [3.63, 3.8) is 0 Å². The van der Waals surface area contributed by atoms with Crippen LogP contribution >= 0.6 is 0 Å². The second-order valence-electron chi connectivity index (χ2n) is 2.33. The smallest absolute Gasteiger partial charge is 0.345 e. The van der Waals surface area contributed by atoms with Gasteiger partial charge in [0.15, 0.2) is 11.6 Å². The predicted octanol–water partition coefficient (Wildman–Crippen LogP) is -0.221. The molecule has 6 nitrogen and oxygen atoms in total. The maximum Gasteiger partial charge on any atom is 0.345 e. The quantitative estimate of drug-likeness (QED) is 0.337. The van der Waals surface area contributed by atoms with E-state index in [1.807, 2.05) is 5.32 Å². The van der Waals surface area contributed by atoms with Crippen molar-refractivity contribution in [2.24, 2.45) is 0 Å². The molecule has 0 rings (SSSR count). The summed E-state index contributed by atoms with van der Waals surface area (Å²) in [7, 11) is 0. The van der Waals surface area contributed by atoms with Crippen LogP contribution in [0.25, 0.3) is 0 Å². The minimum Gasteiger partial charge on any atom is -0.395 e. The monoisotopic (exact) mass is 206 g/mol. The summed E-state index contributed by atoms with van der Waals surface area (Å²) < 4.78 is 12.5. The van der Waals surface area contributed by atoms with E-state index in [4.69, 9.17) is 10.3 Å². The Morgan fingerprint density at radius 1 is 1.57 bits per heavy atom. The molecule has 0 unspecified atom stereocenters. The van der Waals surface area contributed by atoms with Gasteiger partial charge in [-0.05, 0) is 0 Å². The molecule has 0 saturated carbocycles. The number of aliphatic hydroxyl groups excluding tert-OH is 1. The van der Waals surface area contributed by atoms with E-state index in [1.54, 1.807) is 0 Å². The molecular weight excluding hydrogens is 195 g/mol. The van der Waals surface area contributed by atoms with Gasteiger partial charge in [0.05, 0.1) is 12.8 Å². The van der Waals surface area contributed by atoms with Crippen molar-refractivity contribution >= 4 is 11.8 Å². The molecule has 80 valence electrons. The summed E-state index contributed by atoms with van der Waals surface area (Å²) in [6.07, 6.45) is 0.342. The first-order valence-electron chi connectivity index (χ1n) is 3.74. The summed E-state index contributed by atoms with van der Waals surface area (Å²) in [6, 6.07) is -1.03. The number of halogens is 1. The summed E-state index contributed by atoms with van der Waals surface area (Å²) in [5.41, 5.74) is 0. The minimum absolute atomic E-state index is 0.0780. The topological polar surface area (TPSA) is 89.9 Å². The van der Waals surface area contributed by atoms with Crippen LogP contribution < -0.4 is 5.32 Å². The van der Waals surface area contributed by atoms with Crippen LogP contribution in [0.2, 0.25) is 0 Å². The lowest BCUT2D eigenvalue weighted by atomic mass is 10.4. The first-order chi connectivity index (χ1) is 6.49. The molecular formula is C7H11FN2O4. The normalized spacial score (nSPS) is 11.0. The number of urea groups is 1. The van der Waals surface area contributed by atoms with Crippen LogP contribution in [0, 0.1) is 0 Å². The Morgan fingerprint density at radius 3 is 2.57 bits per heavy atom. The lowest BCUT2D eigenvalue weighted by Crippen LogP contribution is -2.36. The van der Waals surface area contributed by atoms with E-state index in [9.17, 15) is 14.0 Å². The van der Waals surface area contributed by atoms with Crippen LogP contribution in [0.15, 0.2) is 12.0 Å². The van der Waals surface area contributed by atoms with Crippen molar-refractivity contribution in [2.75, 3.05) is 13.2 Å². The van der Waals surface area contributed by atoms with Gasteiger partial charge in [0.1, 0.15) is 0 Å². The van der Waals surface area contributed by atoms with Crippen molar-refractivity contribution in [2.45, 2.75) is 6.92 Å². The summed E-state index contributed by atoms with van der Waals surface area (Å²) in [5.74, 6) is -2.15. The van der Waals surface area contributed by atoms with E-state index >= 15 is 0 Å². The highest BCUT2D eigenvalue weighted by atomic mass is 19.1. The van der Waals surface area contributed by atoms with Crippen LogP contribution in [0.4, 0.5) is 9.18 Å². The third-order valence-corrected chi connectivity index (χ3v) is 1.17. The molecule has 0 bridgehead atoms. The SMILES string of the molecule is CC(=O)/C(F)=C\N(O)C(=O)NCCO. The predicted molar refractivity (Wildman–Crippen MR) is 44.0 cm³/mol. The number of allylic oxidation sites excluding steroid dienone is 1. The first-order valence-corrected chi connectivity index (χ1v) is 3.74. The summed E-state index contributed by atoms with van der Waals surface area (Å²) in [5, 5.41) is 19.1. The van der Waals surface area contributed by atoms with Crippen LogP contribution in [0.5, 0.6) is 0 Å². The fourth-order valence-electron chi connectivity index (χ4n) is 0.501. The number of Topliss-reactive ketones (excluding diaryl/α,β-unsaturated/α-hetero) is 1. The molecule has 0 aliphatic rings. The molecule has 0 aromatic rings. The number of aliphatic hydroxyl groups is 1. The van der Waals surface area contributed by atoms with Crippen molar-refractivity contribution in [1.82, 2.24) is 10.4 Å². The molecule has 2 amide bonds. The molecule has 0 spiro atoms. The highest BCUT2D eigenvalue weighted by Gasteiger charge is 2.10. The Morgan fingerprint density at radius 2 is 2.14 bits per heavy atom. The molecule has 0 radical (unpaired) electrons. The van der Waals surface area contributed by atoms with E-state index in [-0.39, 0.29) is 18.2 Å². The van der Waals surface area contributed by atoms with E-state index in [0.29, 0.717) is 6.20 Å². The number of ketones is 1. The third-order valence-electron chi connectivity index (χ3n) is 1.17. The number of hydroxylamine groups is 2. The second-order valence-corrected chi connectivity index (χ2v) is 2.33. The van der Waals surface area contributed by atoms with Gasteiger partial charge in [-0.2, -0.15) is 5.06 Å². The Bertz CT molecular complexity index is 254. The number of hydrogen-bond acceptors (Lipinski definition) is 4. The molecule has 0 fully saturated rings. The Kier molecular flexibility index (Phi) is 5.42. The van der Waals surface area contributed by atoms with Gasteiger partial charge in [-0.1, -0.05) is 0 Å². The second kappa shape index (κ2) is 6.06. The molecule has 7 heteroatoms. The van der Waals surface area contributed by atoms with Crippen LogP contribution in [-0.4, -0.2) is 40.3 Å². The Hall–Kier alpha value is -1.47. The molecule has 0 aromatic heterocycles. The number of nitrogens with one attached hydrogen (secondary N) is 1. The van der Waals surface area contributed by atoms with E-state index in [0.717, 1.165) is 6.92 Å². The zero-order valence-electron chi connectivity index (χ0n) is 7.53. The highest BCUT2D eigenvalue weighted by Crippen LogP contribution is 1.99. The van der Waals surface area contributed by atoms with Gasteiger partial charge in [0.2, 0.25) is 0 Å². The zero-order valence-corrected chi connectivity index (χ0v) is 7.53. The molecule has 0 aliphatic heterocycles. The lowest BCUT2D eigenvalue weighted by molar-refractivity contribution is -0.115. The molecule has 0 atom stereocenters. The number of rotatable bonds is 4. The van der Waals surface area contributed by atoms with Gasteiger partial charge >= 0.3 is 6.03 Å². The van der Waals surface area contributed by atoms with Crippen molar-refractivity contribution in [3.05, 3.63) is 12.0 Å². The number of hydrogen-bond donors (Lipinski definition) is 3. The maximum atomic E-state index is 12.5. The lowest BCUT2D eigenvalue weighted by Gasteiger charge is -2.10. The van der Waals surface area contributed by atoms with Crippen molar-refractivity contribution in [3.8, 4) is 0 Å².